The van der Waals surface area contributed by atoms with Gasteiger partial charge in [-0.15, -0.1) is 0 Å². The molecular formula is C7H15NO2. The maximum atomic E-state index is 10.8. The van der Waals surface area contributed by atoms with Crippen molar-refractivity contribution in [3.8, 4) is 0 Å². The molecule has 0 aliphatic rings. The lowest BCUT2D eigenvalue weighted by molar-refractivity contribution is -0.145. The number of esters is 1. The molecule has 0 fully saturated rings. The number of nitrogens with two attached hydrogens (primary N) is 1. The Hall–Kier alpha value is -0.570. The fourth-order valence-corrected chi connectivity index (χ4v) is 0.577. The van der Waals surface area contributed by atoms with Crippen molar-refractivity contribution in [2.45, 2.75) is 27.2 Å². The highest BCUT2D eigenvalue weighted by Crippen LogP contribution is 2.18. The van der Waals surface area contributed by atoms with Crippen molar-refractivity contribution >= 4 is 5.97 Å². The van der Waals surface area contributed by atoms with Gasteiger partial charge in [0.05, 0.1) is 6.42 Å². The quantitative estimate of drug-likeness (QED) is 0.463. The zero-order valence-electron chi connectivity index (χ0n) is 6.81. The highest BCUT2D eigenvalue weighted by atomic mass is 16.5. The normalized spacial score (nSPS) is 11.2. The van der Waals surface area contributed by atoms with Crippen LogP contribution < -0.4 is 5.73 Å². The number of hydrogen-bond acceptors (Lipinski definition) is 3. The fraction of sp³-hybridized carbons (Fsp3) is 0.857. The lowest BCUT2D eigenvalue weighted by Gasteiger charge is -2.15. The number of carbonyl (C=O) groups is 1. The minimum absolute atomic E-state index is 0.00769. The molecule has 0 radical (unpaired) electrons. The van der Waals surface area contributed by atoms with Crippen LogP contribution in [0.25, 0.3) is 0 Å². The Kier molecular flexibility index (Phi) is 3.36. The summed E-state index contributed by atoms with van der Waals surface area (Å²) in [5.74, 6) is -0.227. The van der Waals surface area contributed by atoms with E-state index in [0.29, 0.717) is 6.42 Å². The van der Waals surface area contributed by atoms with Crippen LogP contribution in [0.15, 0.2) is 0 Å². The predicted octanol–water partition coefficient (Wildman–Crippen LogP) is 0.882. The molecular weight excluding hydrogens is 130 g/mol. The van der Waals surface area contributed by atoms with Crippen molar-refractivity contribution in [3.05, 3.63) is 0 Å². The van der Waals surface area contributed by atoms with Gasteiger partial charge in [0.25, 0.3) is 0 Å². The van der Waals surface area contributed by atoms with Crippen LogP contribution in [0.4, 0.5) is 0 Å². The molecule has 0 aromatic rings. The molecule has 0 heterocycles. The van der Waals surface area contributed by atoms with E-state index in [9.17, 15) is 4.79 Å². The topological polar surface area (TPSA) is 52.3 Å². The van der Waals surface area contributed by atoms with Crippen molar-refractivity contribution in [3.63, 3.8) is 0 Å². The van der Waals surface area contributed by atoms with Gasteiger partial charge in [-0.1, -0.05) is 20.8 Å². The first-order valence-electron chi connectivity index (χ1n) is 3.31. The first-order chi connectivity index (χ1) is 4.45. The number of carbonyl (C=O) groups excluding carboxylic acids is 1. The van der Waals surface area contributed by atoms with Gasteiger partial charge in [0, 0.05) is 0 Å². The van der Waals surface area contributed by atoms with E-state index >= 15 is 0 Å². The minimum atomic E-state index is -0.227. The van der Waals surface area contributed by atoms with Gasteiger partial charge in [-0.2, -0.15) is 0 Å². The van der Waals surface area contributed by atoms with E-state index in [1.807, 2.05) is 20.8 Å². The van der Waals surface area contributed by atoms with E-state index in [4.69, 9.17) is 5.73 Å². The molecule has 0 aromatic carbocycles. The summed E-state index contributed by atoms with van der Waals surface area (Å²) >= 11 is 0. The Balaban J connectivity index is 3.58. The number of hydrogen-bond donors (Lipinski definition) is 1. The van der Waals surface area contributed by atoms with Gasteiger partial charge in [-0.25, -0.2) is 0 Å². The number of ether oxygens (including phenoxy) is 1. The van der Waals surface area contributed by atoms with Crippen LogP contribution in [0.3, 0.4) is 0 Å². The number of rotatable bonds is 2. The Morgan fingerprint density at radius 3 is 2.30 bits per heavy atom. The van der Waals surface area contributed by atoms with Gasteiger partial charge in [-0.3, -0.25) is 10.5 Å². The van der Waals surface area contributed by atoms with Gasteiger partial charge in [0.15, 0.2) is 0 Å². The molecule has 0 aliphatic heterocycles. The second kappa shape index (κ2) is 3.56. The molecule has 3 heteroatoms. The average Bonchev–Trinajstić information content (AvgIpc) is 1.59. The first kappa shape index (κ1) is 9.43. The molecule has 0 saturated carbocycles. The molecule has 0 amide bonds. The van der Waals surface area contributed by atoms with E-state index in [1.54, 1.807) is 0 Å². The highest BCUT2D eigenvalue weighted by molar-refractivity contribution is 5.69. The summed E-state index contributed by atoms with van der Waals surface area (Å²) in [6, 6.07) is 0. The largest absolute Gasteiger partial charge is 0.450 e. The van der Waals surface area contributed by atoms with Gasteiger partial charge in [0.1, 0.15) is 6.73 Å². The molecule has 0 aromatic heterocycles. The average molecular weight is 145 g/mol. The Morgan fingerprint density at radius 2 is 2.00 bits per heavy atom. The van der Waals surface area contributed by atoms with E-state index in [2.05, 4.69) is 4.74 Å². The maximum Gasteiger partial charge on any atom is 0.307 e. The summed E-state index contributed by atoms with van der Waals surface area (Å²) in [6.07, 6.45) is 0.421. The first-order valence-corrected chi connectivity index (χ1v) is 3.31. The van der Waals surface area contributed by atoms with Crippen LogP contribution in [0.1, 0.15) is 27.2 Å². The van der Waals surface area contributed by atoms with Crippen LogP contribution in [-0.2, 0) is 9.53 Å². The van der Waals surface area contributed by atoms with Crippen molar-refractivity contribution in [1.29, 1.82) is 0 Å². The standard InChI is InChI=1S/C7H15NO2/c1-7(2,3)4-6(9)10-5-8/h4-5,8H2,1-3H3. The molecule has 0 bridgehead atoms. The summed E-state index contributed by atoms with van der Waals surface area (Å²) in [6.45, 7) is 5.91. The third-order valence-electron chi connectivity index (χ3n) is 0.919. The van der Waals surface area contributed by atoms with Crippen LogP contribution in [0, 0.1) is 5.41 Å². The van der Waals surface area contributed by atoms with Gasteiger partial charge in [-0.05, 0) is 5.41 Å². The monoisotopic (exact) mass is 145 g/mol. The highest BCUT2D eigenvalue weighted by Gasteiger charge is 2.16. The summed E-state index contributed by atoms with van der Waals surface area (Å²) in [5, 5.41) is 0. The van der Waals surface area contributed by atoms with Crippen LogP contribution in [0.5, 0.6) is 0 Å². The second-order valence-electron chi connectivity index (χ2n) is 3.42. The van der Waals surface area contributed by atoms with Crippen LogP contribution in [-0.4, -0.2) is 12.7 Å². The van der Waals surface area contributed by atoms with Crippen molar-refractivity contribution in [2.24, 2.45) is 11.1 Å². The third-order valence-corrected chi connectivity index (χ3v) is 0.919. The third kappa shape index (κ3) is 5.56. The fourth-order valence-electron chi connectivity index (χ4n) is 0.577. The molecule has 0 unspecified atom stereocenters. The lowest BCUT2D eigenvalue weighted by Crippen LogP contribution is -2.18. The van der Waals surface area contributed by atoms with Gasteiger partial charge in [0.2, 0.25) is 0 Å². The van der Waals surface area contributed by atoms with Crippen molar-refractivity contribution in [2.75, 3.05) is 6.73 Å². The summed E-state index contributed by atoms with van der Waals surface area (Å²) in [4.78, 5) is 10.8. The van der Waals surface area contributed by atoms with E-state index in [0.717, 1.165) is 0 Å². The molecule has 2 N–H and O–H groups in total. The van der Waals surface area contributed by atoms with E-state index < -0.39 is 0 Å². The molecule has 0 saturated heterocycles. The Labute approximate surface area is 61.5 Å². The molecule has 10 heavy (non-hydrogen) atoms. The van der Waals surface area contributed by atoms with Crippen molar-refractivity contribution < 1.29 is 9.53 Å². The second-order valence-corrected chi connectivity index (χ2v) is 3.42. The molecule has 60 valence electrons. The Bertz CT molecular complexity index is 115. The predicted molar refractivity (Wildman–Crippen MR) is 39.2 cm³/mol. The van der Waals surface area contributed by atoms with Gasteiger partial charge < -0.3 is 4.74 Å². The summed E-state index contributed by atoms with van der Waals surface area (Å²) < 4.78 is 4.56. The summed E-state index contributed by atoms with van der Waals surface area (Å²) in [7, 11) is 0. The van der Waals surface area contributed by atoms with Gasteiger partial charge >= 0.3 is 5.97 Å². The summed E-state index contributed by atoms with van der Waals surface area (Å²) in [5.41, 5.74) is 5.00. The zero-order chi connectivity index (χ0) is 8.20. The van der Waals surface area contributed by atoms with Crippen LogP contribution >= 0.6 is 0 Å². The zero-order valence-corrected chi connectivity index (χ0v) is 6.81. The molecule has 0 aliphatic carbocycles. The van der Waals surface area contributed by atoms with E-state index in [-0.39, 0.29) is 18.1 Å². The molecule has 0 spiro atoms. The SMILES string of the molecule is CC(C)(C)CC(=O)OCN. The van der Waals surface area contributed by atoms with E-state index in [1.165, 1.54) is 0 Å². The van der Waals surface area contributed by atoms with Crippen molar-refractivity contribution in [1.82, 2.24) is 0 Å². The smallest absolute Gasteiger partial charge is 0.307 e. The maximum absolute atomic E-state index is 10.8. The lowest BCUT2D eigenvalue weighted by atomic mass is 9.93. The Morgan fingerprint density at radius 1 is 1.50 bits per heavy atom. The minimum Gasteiger partial charge on any atom is -0.450 e. The molecule has 0 atom stereocenters. The van der Waals surface area contributed by atoms with Crippen LogP contribution in [0.2, 0.25) is 0 Å². The molecule has 3 nitrogen and oxygen atoms in total. The molecule has 0 rings (SSSR count).